The van der Waals surface area contributed by atoms with E-state index >= 15 is 0 Å². The van der Waals surface area contributed by atoms with Crippen LogP contribution in [0, 0.1) is 0 Å². The lowest BCUT2D eigenvalue weighted by Gasteiger charge is -2.32. The fourth-order valence-corrected chi connectivity index (χ4v) is 10.1. The Labute approximate surface area is 364 Å². The first-order valence-electron chi connectivity index (χ1n) is 21.6. The molecule has 1 aliphatic carbocycles. The molecule has 0 saturated carbocycles. The van der Waals surface area contributed by atoms with Gasteiger partial charge in [0.1, 0.15) is 0 Å². The van der Waals surface area contributed by atoms with Gasteiger partial charge in [0.15, 0.2) is 0 Å². The molecule has 0 N–H and O–H groups in total. The van der Waals surface area contributed by atoms with Crippen LogP contribution < -0.4 is 4.90 Å². The molecule has 0 heterocycles. The number of fused-ring (bicyclic) bond motifs is 4. The number of benzene rings is 10. The van der Waals surface area contributed by atoms with Gasteiger partial charge < -0.3 is 4.90 Å². The molecule has 0 fully saturated rings. The fraction of sp³-hybridized carbons (Fsp3) is 0.0492. The number of hydrogen-bond acceptors (Lipinski definition) is 1. The summed E-state index contributed by atoms with van der Waals surface area (Å²) in [5.41, 5.74) is 20.4. The van der Waals surface area contributed by atoms with Gasteiger partial charge >= 0.3 is 0 Å². The van der Waals surface area contributed by atoms with Crippen molar-refractivity contribution in [3.8, 4) is 66.8 Å². The van der Waals surface area contributed by atoms with E-state index < -0.39 is 0 Å². The molecule has 0 aliphatic heterocycles. The Morgan fingerprint density at radius 3 is 1.53 bits per heavy atom. The van der Waals surface area contributed by atoms with E-state index in [0.29, 0.717) is 0 Å². The summed E-state index contributed by atoms with van der Waals surface area (Å²) in [6.45, 7) is 4.77. The molecule has 62 heavy (non-hydrogen) atoms. The maximum Gasteiger partial charge on any atom is 0.0546 e. The topological polar surface area (TPSA) is 3.24 Å². The third kappa shape index (κ3) is 6.25. The quantitative estimate of drug-likeness (QED) is 0.148. The highest BCUT2D eigenvalue weighted by molar-refractivity contribution is 6.04. The Morgan fingerprint density at radius 2 is 0.774 bits per heavy atom. The zero-order chi connectivity index (χ0) is 41.6. The summed E-state index contributed by atoms with van der Waals surface area (Å²) in [4.78, 5) is 2.51. The van der Waals surface area contributed by atoms with Crippen molar-refractivity contribution in [2.45, 2.75) is 19.3 Å². The molecule has 10 aromatic carbocycles. The van der Waals surface area contributed by atoms with E-state index in [1.54, 1.807) is 0 Å². The number of para-hydroxylation sites is 1. The van der Waals surface area contributed by atoms with Crippen LogP contribution in [0.25, 0.3) is 77.5 Å². The number of anilines is 3. The SMILES string of the molecule is CC1(C)c2ccccc2-c2cccc(-c3ccccc3N(c3ccc(-c4cccc5ccccc45)cc3)c3cccc(-c4ccccc4)c3-c3ccccc3-c3ccccc3)c21. The number of rotatable bonds is 8. The van der Waals surface area contributed by atoms with Crippen molar-refractivity contribution in [2.24, 2.45) is 0 Å². The largest absolute Gasteiger partial charge is 0.309 e. The molecule has 1 aliphatic rings. The molecule has 0 spiro atoms. The zero-order valence-electron chi connectivity index (χ0n) is 35.0. The highest BCUT2D eigenvalue weighted by Crippen LogP contribution is 2.55. The molecular weight excluding hydrogens is 747 g/mol. The molecule has 10 aromatic rings. The second kappa shape index (κ2) is 15.4. The zero-order valence-corrected chi connectivity index (χ0v) is 35.0. The van der Waals surface area contributed by atoms with Crippen molar-refractivity contribution in [1.82, 2.24) is 0 Å². The van der Waals surface area contributed by atoms with Gasteiger partial charge in [0.2, 0.25) is 0 Å². The Morgan fingerprint density at radius 1 is 0.306 bits per heavy atom. The molecule has 0 aromatic heterocycles. The lowest BCUT2D eigenvalue weighted by molar-refractivity contribution is 0.662. The molecule has 1 nitrogen and oxygen atoms in total. The molecule has 0 bridgehead atoms. The Kier molecular flexibility index (Phi) is 9.24. The van der Waals surface area contributed by atoms with Crippen LogP contribution >= 0.6 is 0 Å². The predicted octanol–water partition coefficient (Wildman–Crippen LogP) is 17.0. The van der Waals surface area contributed by atoms with E-state index in [9.17, 15) is 0 Å². The van der Waals surface area contributed by atoms with Crippen LogP contribution in [0.1, 0.15) is 25.0 Å². The summed E-state index contributed by atoms with van der Waals surface area (Å²) in [7, 11) is 0. The van der Waals surface area contributed by atoms with E-state index in [4.69, 9.17) is 0 Å². The summed E-state index contributed by atoms with van der Waals surface area (Å²) < 4.78 is 0. The Bertz CT molecular complexity index is 3240. The predicted molar refractivity (Wildman–Crippen MR) is 263 cm³/mol. The third-order valence-corrected chi connectivity index (χ3v) is 12.9. The van der Waals surface area contributed by atoms with Crippen LogP contribution in [0.3, 0.4) is 0 Å². The monoisotopic (exact) mass is 791 g/mol. The smallest absolute Gasteiger partial charge is 0.0546 e. The van der Waals surface area contributed by atoms with E-state index in [2.05, 4.69) is 255 Å². The van der Waals surface area contributed by atoms with Crippen LogP contribution in [-0.4, -0.2) is 0 Å². The van der Waals surface area contributed by atoms with Crippen LogP contribution in [0.4, 0.5) is 17.1 Å². The van der Waals surface area contributed by atoms with Gasteiger partial charge in [-0.3, -0.25) is 0 Å². The van der Waals surface area contributed by atoms with Crippen molar-refractivity contribution in [1.29, 1.82) is 0 Å². The van der Waals surface area contributed by atoms with Crippen LogP contribution in [0.15, 0.2) is 237 Å². The number of hydrogen-bond donors (Lipinski definition) is 0. The average molecular weight is 792 g/mol. The highest BCUT2D eigenvalue weighted by Gasteiger charge is 2.38. The van der Waals surface area contributed by atoms with Gasteiger partial charge in [-0.25, -0.2) is 0 Å². The van der Waals surface area contributed by atoms with Gasteiger partial charge in [0, 0.05) is 22.2 Å². The summed E-state index contributed by atoms with van der Waals surface area (Å²) in [6.07, 6.45) is 0. The van der Waals surface area contributed by atoms with Gasteiger partial charge in [0.05, 0.1) is 11.4 Å². The average Bonchev–Trinajstić information content (AvgIpc) is 3.58. The molecule has 0 unspecified atom stereocenters. The molecule has 0 amide bonds. The highest BCUT2D eigenvalue weighted by atomic mass is 15.1. The minimum atomic E-state index is -0.187. The van der Waals surface area contributed by atoms with Gasteiger partial charge in [-0.1, -0.05) is 226 Å². The van der Waals surface area contributed by atoms with Crippen molar-refractivity contribution < 1.29 is 0 Å². The number of nitrogens with zero attached hydrogens (tertiary/aromatic N) is 1. The van der Waals surface area contributed by atoms with Crippen LogP contribution in [0.5, 0.6) is 0 Å². The maximum atomic E-state index is 2.51. The van der Waals surface area contributed by atoms with Crippen molar-refractivity contribution in [3.63, 3.8) is 0 Å². The lowest BCUT2D eigenvalue weighted by Crippen LogP contribution is -2.17. The second-order valence-electron chi connectivity index (χ2n) is 16.8. The summed E-state index contributed by atoms with van der Waals surface area (Å²) in [5.74, 6) is 0. The first kappa shape index (κ1) is 37.3. The Hall–Kier alpha value is -7.74. The van der Waals surface area contributed by atoms with E-state index in [-0.39, 0.29) is 5.41 Å². The normalized spacial score (nSPS) is 12.5. The van der Waals surface area contributed by atoms with Crippen molar-refractivity contribution in [3.05, 3.63) is 248 Å². The minimum absolute atomic E-state index is 0.187. The third-order valence-electron chi connectivity index (χ3n) is 12.9. The van der Waals surface area contributed by atoms with E-state index in [1.807, 2.05) is 0 Å². The summed E-state index contributed by atoms with van der Waals surface area (Å²) >= 11 is 0. The molecule has 0 saturated heterocycles. The van der Waals surface area contributed by atoms with Gasteiger partial charge in [-0.2, -0.15) is 0 Å². The molecule has 0 radical (unpaired) electrons. The van der Waals surface area contributed by atoms with Gasteiger partial charge in [-0.15, -0.1) is 0 Å². The van der Waals surface area contributed by atoms with Crippen LogP contribution in [-0.2, 0) is 5.41 Å². The van der Waals surface area contributed by atoms with Gasteiger partial charge in [0.25, 0.3) is 0 Å². The van der Waals surface area contributed by atoms with Crippen molar-refractivity contribution in [2.75, 3.05) is 4.90 Å². The fourth-order valence-electron chi connectivity index (χ4n) is 10.1. The first-order chi connectivity index (χ1) is 30.6. The second-order valence-corrected chi connectivity index (χ2v) is 16.8. The summed E-state index contributed by atoms with van der Waals surface area (Å²) in [5, 5.41) is 2.49. The lowest BCUT2D eigenvalue weighted by atomic mass is 9.78. The van der Waals surface area contributed by atoms with Gasteiger partial charge in [-0.05, 0) is 102 Å². The van der Waals surface area contributed by atoms with E-state index in [1.165, 1.54) is 88.7 Å². The first-order valence-corrected chi connectivity index (χ1v) is 21.6. The van der Waals surface area contributed by atoms with Crippen LogP contribution in [0.2, 0.25) is 0 Å². The minimum Gasteiger partial charge on any atom is -0.309 e. The summed E-state index contributed by atoms with van der Waals surface area (Å²) in [6, 6.07) is 86.7. The maximum absolute atomic E-state index is 2.51. The standard InChI is InChI=1S/C61H45N/c1-61(2)56-35-15-13-28-51(56)54-33-18-34-55(60(54)61)52-29-14-16-36-57(52)62(46-40-38-45(39-41-46)48-31-17-25-43-24-9-10-26-47(43)48)58-37-19-32-50(44-22-7-4-8-23-44)59(58)53-30-12-11-27-49(53)42-20-5-3-6-21-42/h3-41H,1-2H3. The molecule has 294 valence electrons. The van der Waals surface area contributed by atoms with Crippen molar-refractivity contribution >= 4 is 27.8 Å². The molecule has 1 heteroatoms. The molecule has 11 rings (SSSR count). The Balaban J connectivity index is 1.20. The van der Waals surface area contributed by atoms with E-state index in [0.717, 1.165) is 17.1 Å². The molecule has 0 atom stereocenters. The molecular formula is C61H45N.